The highest BCUT2D eigenvalue weighted by Gasteiger charge is 2.22. The Morgan fingerprint density at radius 2 is 2.00 bits per heavy atom. The zero-order chi connectivity index (χ0) is 9.78. The van der Waals surface area contributed by atoms with Crippen LogP contribution < -0.4 is 0 Å². The molecule has 72 valence electrons. The summed E-state index contributed by atoms with van der Waals surface area (Å²) in [7, 11) is 0. The number of carbonyl (C=O) groups excluding carboxylic acids is 1. The fraction of sp³-hybridized carbons (Fsp3) is 0.875. The number of ether oxygens (including phenoxy) is 1. The van der Waals surface area contributed by atoms with Crippen LogP contribution in [-0.4, -0.2) is 34.5 Å². The van der Waals surface area contributed by atoms with Crippen molar-refractivity contribution < 1.29 is 19.7 Å². The predicted octanol–water partition coefficient (Wildman–Crippen LogP) is 0.0714. The van der Waals surface area contributed by atoms with E-state index in [1.54, 1.807) is 20.8 Å². The van der Waals surface area contributed by atoms with Crippen LogP contribution in [0.25, 0.3) is 0 Å². The number of esters is 1. The highest BCUT2D eigenvalue weighted by molar-refractivity contribution is 5.74. The Morgan fingerprint density at radius 3 is 2.33 bits per heavy atom. The largest absolute Gasteiger partial charge is 0.458 e. The average molecular weight is 176 g/mol. The van der Waals surface area contributed by atoms with E-state index in [9.17, 15) is 4.79 Å². The normalized spacial score (nSPS) is 14.1. The molecule has 1 atom stereocenters. The van der Waals surface area contributed by atoms with Gasteiger partial charge in [-0.05, 0) is 20.8 Å². The lowest BCUT2D eigenvalue weighted by atomic mass is 10.2. The minimum absolute atomic E-state index is 0.0227. The van der Waals surface area contributed by atoms with E-state index in [2.05, 4.69) is 0 Å². The van der Waals surface area contributed by atoms with Gasteiger partial charge in [-0.25, -0.2) is 4.79 Å². The third kappa shape index (κ3) is 5.09. The van der Waals surface area contributed by atoms with E-state index in [0.717, 1.165) is 0 Å². The Bertz CT molecular complexity index is 148. The van der Waals surface area contributed by atoms with Crippen LogP contribution in [0.5, 0.6) is 0 Å². The third-order valence-corrected chi connectivity index (χ3v) is 1.08. The zero-order valence-corrected chi connectivity index (χ0v) is 7.70. The molecular formula is C8H16O4. The standard InChI is InChI=1S/C8H16O4/c1-8(2,3)12-7(11)6(10)4-5-9/h6,9-10H,4-5H2,1-3H3/t6-/m0/s1. The summed E-state index contributed by atoms with van der Waals surface area (Å²) in [5.41, 5.74) is -0.590. The number of rotatable bonds is 3. The van der Waals surface area contributed by atoms with Crippen molar-refractivity contribution in [3.05, 3.63) is 0 Å². The highest BCUT2D eigenvalue weighted by Crippen LogP contribution is 2.09. The zero-order valence-electron chi connectivity index (χ0n) is 7.70. The van der Waals surface area contributed by atoms with Gasteiger partial charge in [0.05, 0.1) is 0 Å². The lowest BCUT2D eigenvalue weighted by Gasteiger charge is -2.21. The minimum atomic E-state index is -1.21. The Kier molecular flexibility index (Phi) is 4.20. The summed E-state index contributed by atoms with van der Waals surface area (Å²) in [6.07, 6.45) is -1.19. The van der Waals surface area contributed by atoms with Crippen LogP contribution >= 0.6 is 0 Å². The van der Waals surface area contributed by atoms with Crippen molar-refractivity contribution in [2.24, 2.45) is 0 Å². The maximum Gasteiger partial charge on any atom is 0.335 e. The summed E-state index contributed by atoms with van der Waals surface area (Å²) in [5, 5.41) is 17.5. The van der Waals surface area contributed by atoms with Crippen molar-refractivity contribution in [3.8, 4) is 0 Å². The van der Waals surface area contributed by atoms with Crippen molar-refractivity contribution in [3.63, 3.8) is 0 Å². The van der Waals surface area contributed by atoms with Crippen LogP contribution in [0, 0.1) is 0 Å². The second kappa shape index (κ2) is 4.42. The Labute approximate surface area is 72.2 Å². The van der Waals surface area contributed by atoms with Crippen molar-refractivity contribution in [2.45, 2.75) is 38.9 Å². The summed E-state index contributed by atoms with van der Waals surface area (Å²) < 4.78 is 4.85. The smallest absolute Gasteiger partial charge is 0.335 e. The molecule has 2 N–H and O–H groups in total. The second-order valence-electron chi connectivity index (χ2n) is 3.56. The van der Waals surface area contributed by atoms with E-state index < -0.39 is 17.7 Å². The molecule has 0 aliphatic carbocycles. The van der Waals surface area contributed by atoms with E-state index in [-0.39, 0.29) is 13.0 Å². The maximum absolute atomic E-state index is 11.0. The first-order valence-electron chi connectivity index (χ1n) is 3.88. The van der Waals surface area contributed by atoms with E-state index in [0.29, 0.717) is 0 Å². The van der Waals surface area contributed by atoms with Gasteiger partial charge in [0.1, 0.15) is 5.60 Å². The van der Waals surface area contributed by atoms with Gasteiger partial charge in [0.15, 0.2) is 6.10 Å². The van der Waals surface area contributed by atoms with Gasteiger partial charge in [0.25, 0.3) is 0 Å². The molecule has 0 spiro atoms. The Morgan fingerprint density at radius 1 is 1.50 bits per heavy atom. The van der Waals surface area contributed by atoms with E-state index in [1.807, 2.05) is 0 Å². The first kappa shape index (κ1) is 11.4. The van der Waals surface area contributed by atoms with Crippen molar-refractivity contribution in [2.75, 3.05) is 6.61 Å². The summed E-state index contributed by atoms with van der Waals surface area (Å²) in [4.78, 5) is 11.0. The first-order chi connectivity index (χ1) is 5.37. The molecule has 0 heterocycles. The summed E-state index contributed by atoms with van der Waals surface area (Å²) in [6, 6.07) is 0. The van der Waals surface area contributed by atoms with Gasteiger partial charge in [0, 0.05) is 13.0 Å². The fourth-order valence-electron chi connectivity index (χ4n) is 0.610. The quantitative estimate of drug-likeness (QED) is 0.597. The number of hydrogen-bond donors (Lipinski definition) is 2. The summed E-state index contributed by atoms with van der Waals surface area (Å²) in [5.74, 6) is -0.684. The van der Waals surface area contributed by atoms with Crippen LogP contribution in [-0.2, 0) is 9.53 Å². The lowest BCUT2D eigenvalue weighted by molar-refractivity contribution is -0.165. The summed E-state index contributed by atoms with van der Waals surface area (Å²) in [6.45, 7) is 4.93. The average Bonchev–Trinajstić information content (AvgIpc) is 1.84. The summed E-state index contributed by atoms with van der Waals surface area (Å²) >= 11 is 0. The fourth-order valence-corrected chi connectivity index (χ4v) is 0.610. The van der Waals surface area contributed by atoms with Crippen molar-refractivity contribution >= 4 is 5.97 Å². The van der Waals surface area contributed by atoms with Gasteiger partial charge >= 0.3 is 5.97 Å². The minimum Gasteiger partial charge on any atom is -0.458 e. The Hall–Kier alpha value is -0.610. The molecule has 4 heteroatoms. The lowest BCUT2D eigenvalue weighted by Crippen LogP contribution is -2.32. The molecule has 12 heavy (non-hydrogen) atoms. The number of hydrogen-bond acceptors (Lipinski definition) is 4. The first-order valence-corrected chi connectivity index (χ1v) is 3.88. The predicted molar refractivity (Wildman–Crippen MR) is 43.6 cm³/mol. The van der Waals surface area contributed by atoms with Crippen molar-refractivity contribution in [1.29, 1.82) is 0 Å². The van der Waals surface area contributed by atoms with Crippen LogP contribution in [0.3, 0.4) is 0 Å². The molecule has 0 unspecified atom stereocenters. The maximum atomic E-state index is 11.0. The SMILES string of the molecule is CC(C)(C)OC(=O)[C@@H](O)CCO. The monoisotopic (exact) mass is 176 g/mol. The molecule has 0 radical (unpaired) electrons. The van der Waals surface area contributed by atoms with Crippen LogP contribution in [0.1, 0.15) is 27.2 Å². The second-order valence-corrected chi connectivity index (χ2v) is 3.56. The molecule has 0 saturated carbocycles. The molecule has 0 fully saturated rings. The molecular weight excluding hydrogens is 160 g/mol. The molecule has 0 bridgehead atoms. The number of aliphatic hydroxyl groups is 2. The van der Waals surface area contributed by atoms with Gasteiger partial charge in [-0.15, -0.1) is 0 Å². The third-order valence-electron chi connectivity index (χ3n) is 1.08. The topological polar surface area (TPSA) is 66.8 Å². The van der Waals surface area contributed by atoms with Crippen LogP contribution in [0.15, 0.2) is 0 Å². The molecule has 0 aromatic rings. The van der Waals surface area contributed by atoms with E-state index in [4.69, 9.17) is 14.9 Å². The molecule has 0 amide bonds. The van der Waals surface area contributed by atoms with Gasteiger partial charge in [0.2, 0.25) is 0 Å². The van der Waals surface area contributed by atoms with Gasteiger partial charge in [-0.1, -0.05) is 0 Å². The molecule has 0 saturated heterocycles. The molecule has 0 aliphatic heterocycles. The molecule has 0 aromatic heterocycles. The van der Waals surface area contributed by atoms with E-state index in [1.165, 1.54) is 0 Å². The number of aliphatic hydroxyl groups excluding tert-OH is 2. The highest BCUT2D eigenvalue weighted by atomic mass is 16.6. The van der Waals surface area contributed by atoms with Gasteiger partial charge in [-0.3, -0.25) is 0 Å². The molecule has 0 aromatic carbocycles. The Balaban J connectivity index is 3.87. The molecule has 0 aliphatic rings. The number of carbonyl (C=O) groups is 1. The van der Waals surface area contributed by atoms with Crippen LogP contribution in [0.4, 0.5) is 0 Å². The molecule has 0 rings (SSSR count). The van der Waals surface area contributed by atoms with Crippen LogP contribution in [0.2, 0.25) is 0 Å². The molecule has 4 nitrogen and oxygen atoms in total. The van der Waals surface area contributed by atoms with Crippen molar-refractivity contribution in [1.82, 2.24) is 0 Å². The van der Waals surface area contributed by atoms with E-state index >= 15 is 0 Å². The van der Waals surface area contributed by atoms with Gasteiger partial charge < -0.3 is 14.9 Å². The van der Waals surface area contributed by atoms with Gasteiger partial charge in [-0.2, -0.15) is 0 Å².